The largest absolute Gasteiger partial charge is 0.425 e. The summed E-state index contributed by atoms with van der Waals surface area (Å²) < 4.78 is 10.9. The normalized spacial score (nSPS) is 13.7. The number of hydrogen-bond donors (Lipinski definition) is 0. The summed E-state index contributed by atoms with van der Waals surface area (Å²) in [5, 5.41) is 0. The number of unbranched alkanes of at least 4 members (excludes halogenated alkanes) is 13. The Morgan fingerprint density at radius 3 is 1.43 bits per heavy atom. The molecule has 2 aromatic heterocycles. The summed E-state index contributed by atoms with van der Waals surface area (Å²) >= 11 is 3.63. The molecule has 0 fully saturated rings. The van der Waals surface area contributed by atoms with E-state index in [0.29, 0.717) is 35.1 Å². The van der Waals surface area contributed by atoms with Crippen LogP contribution in [0.1, 0.15) is 170 Å². The van der Waals surface area contributed by atoms with Gasteiger partial charge in [-0.3, -0.25) is 0 Å². The lowest BCUT2D eigenvalue weighted by Gasteiger charge is -2.29. The molecule has 1 unspecified atom stereocenters. The molecule has 0 radical (unpaired) electrons. The number of carbonyl (C=O) groups excluding carboxylic acids is 2. The van der Waals surface area contributed by atoms with E-state index in [1.54, 1.807) is 23.9 Å². The summed E-state index contributed by atoms with van der Waals surface area (Å²) in [5.74, 6) is 3.89. The van der Waals surface area contributed by atoms with E-state index in [2.05, 4.69) is 96.2 Å². The molecule has 0 N–H and O–H groups in total. The number of aromatic nitrogens is 4. The Labute approximate surface area is 492 Å². The molecule has 7 aromatic rings. The number of thioether (sulfide) groups is 2. The summed E-state index contributed by atoms with van der Waals surface area (Å²) in [6.45, 7) is 8.91. The summed E-state index contributed by atoms with van der Waals surface area (Å²) in [6, 6.07) is 41.4. The van der Waals surface area contributed by atoms with E-state index in [1.165, 1.54) is 125 Å². The standard InChI is InChI=1S/C36H42N2O2S.C35H42N2O2S/c1-3-5-7-9-11-25-41-34-23-19-30(20-24-34)29-13-15-32(16-14-29)36(39)40-33-21-17-31(18-22-33)35-37-26-28(27-38-35)12-10-8-6-4-2;1-3-5-7-10-14-28-26-36-33(37-27-28)31-17-19-32(20-18-31)39-34(38)35(40-25-13-8-6-4-2)23-21-30(22-24-35)29-15-11-9-12-16-29/h13-24,26-27H,3-12,25H2,1-2H3;9,11-12,15-23,26-27H,3-8,10,13-14,24-25H2,1-2H3. The molecule has 0 bridgehead atoms. The molecule has 8 rings (SSSR count). The van der Waals surface area contributed by atoms with Crippen molar-refractivity contribution in [2.24, 2.45) is 0 Å². The van der Waals surface area contributed by atoms with Crippen LogP contribution in [0.5, 0.6) is 11.5 Å². The zero-order chi connectivity index (χ0) is 56.7. The van der Waals surface area contributed by atoms with Gasteiger partial charge in [0.1, 0.15) is 16.2 Å². The SMILES string of the molecule is CCCCCCCSc1ccc(-c2ccc(C(=O)Oc3ccc(-c4ncc(CCCCCC)cn4)cc3)cc2)cc1.CCCCCCSC1(C(=O)Oc2ccc(-c3ncc(CCCCCC)cn3)cc2)C=CC(c2ccccc2)=CC1. The molecular weight excluding hydrogens is 1040 g/mol. The third kappa shape index (κ3) is 20.4. The minimum Gasteiger partial charge on any atom is -0.425 e. The van der Waals surface area contributed by atoms with Crippen molar-refractivity contribution in [3.05, 3.63) is 193 Å². The van der Waals surface area contributed by atoms with Crippen molar-refractivity contribution in [2.45, 2.75) is 166 Å². The highest BCUT2D eigenvalue weighted by molar-refractivity contribution is 8.01. The van der Waals surface area contributed by atoms with E-state index >= 15 is 0 Å². The second-order valence-electron chi connectivity index (χ2n) is 21.0. The highest BCUT2D eigenvalue weighted by Gasteiger charge is 2.39. The monoisotopic (exact) mass is 1120 g/mol. The number of esters is 2. The van der Waals surface area contributed by atoms with E-state index in [-0.39, 0.29) is 11.9 Å². The van der Waals surface area contributed by atoms with Crippen LogP contribution in [0.2, 0.25) is 0 Å². The Morgan fingerprint density at radius 2 is 0.926 bits per heavy atom. The molecule has 0 spiro atoms. The van der Waals surface area contributed by atoms with Gasteiger partial charge in [-0.25, -0.2) is 29.5 Å². The van der Waals surface area contributed by atoms with Gasteiger partial charge in [0.05, 0.1) is 5.56 Å². The fourth-order valence-electron chi connectivity index (χ4n) is 9.49. The number of benzene rings is 5. The van der Waals surface area contributed by atoms with Crippen molar-refractivity contribution in [2.75, 3.05) is 11.5 Å². The van der Waals surface area contributed by atoms with Gasteiger partial charge in [0.2, 0.25) is 0 Å². The average Bonchev–Trinajstić information content (AvgIpc) is 3.54. The molecule has 10 heteroatoms. The number of rotatable bonds is 31. The Balaban J connectivity index is 0.000000234. The minimum atomic E-state index is -0.723. The topological polar surface area (TPSA) is 104 Å². The first-order valence-electron chi connectivity index (χ1n) is 30.0. The maximum atomic E-state index is 13.6. The van der Waals surface area contributed by atoms with Gasteiger partial charge in [0, 0.05) is 40.8 Å². The minimum absolute atomic E-state index is 0.218. The quantitative estimate of drug-likeness (QED) is 0.0181. The van der Waals surface area contributed by atoms with Gasteiger partial charge >= 0.3 is 11.9 Å². The van der Waals surface area contributed by atoms with Crippen LogP contribution in [0.3, 0.4) is 0 Å². The first-order valence-corrected chi connectivity index (χ1v) is 32.0. The molecular formula is C71H84N4O4S2. The molecule has 0 amide bonds. The Kier molecular flexibility index (Phi) is 26.5. The maximum absolute atomic E-state index is 13.6. The highest BCUT2D eigenvalue weighted by atomic mass is 32.2. The third-order valence-corrected chi connectivity index (χ3v) is 17.1. The van der Waals surface area contributed by atoms with Crippen molar-refractivity contribution in [3.63, 3.8) is 0 Å². The Bertz CT molecular complexity index is 2980. The van der Waals surface area contributed by atoms with Gasteiger partial charge in [-0.15, -0.1) is 23.5 Å². The smallest absolute Gasteiger partial charge is 0.343 e. The van der Waals surface area contributed by atoms with Crippen LogP contribution < -0.4 is 9.47 Å². The van der Waals surface area contributed by atoms with Crippen molar-refractivity contribution >= 4 is 41.0 Å². The van der Waals surface area contributed by atoms with E-state index < -0.39 is 4.75 Å². The van der Waals surface area contributed by atoms with Crippen LogP contribution in [0.4, 0.5) is 0 Å². The van der Waals surface area contributed by atoms with Crippen LogP contribution in [-0.2, 0) is 17.6 Å². The molecule has 1 aliphatic carbocycles. The molecule has 0 saturated carbocycles. The van der Waals surface area contributed by atoms with Gasteiger partial charge in [0.25, 0.3) is 0 Å². The second-order valence-corrected chi connectivity index (χ2v) is 23.6. The van der Waals surface area contributed by atoms with E-state index in [0.717, 1.165) is 58.4 Å². The molecule has 5 aromatic carbocycles. The highest BCUT2D eigenvalue weighted by Crippen LogP contribution is 2.39. The zero-order valence-electron chi connectivity index (χ0n) is 48.5. The van der Waals surface area contributed by atoms with Crippen LogP contribution >= 0.6 is 23.5 Å². The van der Waals surface area contributed by atoms with Gasteiger partial charge in [-0.1, -0.05) is 184 Å². The van der Waals surface area contributed by atoms with Crippen molar-refractivity contribution in [1.29, 1.82) is 0 Å². The lowest BCUT2D eigenvalue weighted by molar-refractivity contribution is -0.135. The Morgan fingerprint density at radius 1 is 0.469 bits per heavy atom. The summed E-state index contributed by atoms with van der Waals surface area (Å²) in [6.07, 6.45) is 37.8. The second kappa shape index (κ2) is 34.6. The first-order chi connectivity index (χ1) is 39.8. The molecule has 8 nitrogen and oxygen atoms in total. The number of carbonyl (C=O) groups is 2. The molecule has 424 valence electrons. The molecule has 2 heterocycles. The average molecular weight is 1120 g/mol. The van der Waals surface area contributed by atoms with Crippen LogP contribution in [-0.4, -0.2) is 48.1 Å². The van der Waals surface area contributed by atoms with E-state index in [1.807, 2.05) is 121 Å². The summed E-state index contributed by atoms with van der Waals surface area (Å²) in [7, 11) is 0. The zero-order valence-corrected chi connectivity index (χ0v) is 50.1. The van der Waals surface area contributed by atoms with Crippen molar-refractivity contribution < 1.29 is 19.1 Å². The predicted octanol–water partition coefficient (Wildman–Crippen LogP) is 19.5. The molecule has 0 aliphatic heterocycles. The molecule has 1 aliphatic rings. The van der Waals surface area contributed by atoms with Gasteiger partial charge in [-0.2, -0.15) is 0 Å². The van der Waals surface area contributed by atoms with Gasteiger partial charge in [-0.05, 0) is 163 Å². The van der Waals surface area contributed by atoms with Crippen LogP contribution in [0.15, 0.2) is 175 Å². The number of allylic oxidation sites excluding steroid dienone is 3. The fourth-order valence-corrected chi connectivity index (χ4v) is 11.6. The summed E-state index contributed by atoms with van der Waals surface area (Å²) in [5.41, 5.74) is 9.18. The Hall–Kier alpha value is -6.62. The van der Waals surface area contributed by atoms with Gasteiger partial charge in [0.15, 0.2) is 11.6 Å². The fraction of sp³-hybridized carbons (Fsp3) is 0.380. The molecule has 81 heavy (non-hydrogen) atoms. The molecule has 0 saturated heterocycles. The van der Waals surface area contributed by atoms with Crippen molar-refractivity contribution in [3.8, 4) is 45.4 Å². The van der Waals surface area contributed by atoms with E-state index in [4.69, 9.17) is 9.47 Å². The van der Waals surface area contributed by atoms with Crippen molar-refractivity contribution in [1.82, 2.24) is 19.9 Å². The number of hydrogen-bond acceptors (Lipinski definition) is 10. The molecule has 1 atom stereocenters. The number of aryl methyl sites for hydroxylation is 2. The maximum Gasteiger partial charge on any atom is 0.343 e. The number of nitrogens with zero attached hydrogens (tertiary/aromatic N) is 4. The first kappa shape index (κ1) is 62.0. The van der Waals surface area contributed by atoms with Crippen LogP contribution in [0, 0.1) is 0 Å². The predicted molar refractivity (Wildman–Crippen MR) is 340 cm³/mol. The van der Waals surface area contributed by atoms with E-state index in [9.17, 15) is 9.59 Å². The lowest BCUT2D eigenvalue weighted by Crippen LogP contribution is -2.38. The third-order valence-electron chi connectivity index (χ3n) is 14.5. The van der Waals surface area contributed by atoms with Crippen LogP contribution in [0.25, 0.3) is 39.5 Å². The van der Waals surface area contributed by atoms with Gasteiger partial charge < -0.3 is 9.47 Å². The summed E-state index contributed by atoms with van der Waals surface area (Å²) in [4.78, 5) is 45.9. The lowest BCUT2D eigenvalue weighted by atomic mass is 9.92. The number of ether oxygens (including phenoxy) is 2.